The first-order valence-corrected chi connectivity index (χ1v) is 12.4. The summed E-state index contributed by atoms with van der Waals surface area (Å²) in [7, 11) is 1.26. The van der Waals surface area contributed by atoms with Gasteiger partial charge in [-0.2, -0.15) is 0 Å². The highest BCUT2D eigenvalue weighted by molar-refractivity contribution is 7.98. The molecule has 168 valence electrons. The molecular formula is C21H23FN6O2S2. The quantitative estimate of drug-likeness (QED) is 0.381. The Labute approximate surface area is 190 Å². The SMILES string of the molecule is CCn1c(CSc2nnc(-c3ccccc3F)n2C)nc2cc(S(=O)(=O)N(C)C)ccc21. The maximum absolute atomic E-state index is 14.2. The van der Waals surface area contributed by atoms with Crippen molar-refractivity contribution < 1.29 is 12.8 Å². The first kappa shape index (κ1) is 22.4. The number of hydrogen-bond acceptors (Lipinski definition) is 6. The van der Waals surface area contributed by atoms with E-state index in [2.05, 4.69) is 15.2 Å². The van der Waals surface area contributed by atoms with Crippen molar-refractivity contribution in [3.63, 3.8) is 0 Å². The number of imidazole rings is 1. The van der Waals surface area contributed by atoms with Crippen molar-refractivity contribution in [3.05, 3.63) is 54.1 Å². The zero-order chi connectivity index (χ0) is 23.0. The average Bonchev–Trinajstić information content (AvgIpc) is 3.31. The Morgan fingerprint density at radius 1 is 1.12 bits per heavy atom. The number of sulfonamides is 1. The van der Waals surface area contributed by atoms with Gasteiger partial charge in [-0.1, -0.05) is 23.9 Å². The van der Waals surface area contributed by atoms with E-state index >= 15 is 0 Å². The number of hydrogen-bond donors (Lipinski definition) is 0. The summed E-state index contributed by atoms with van der Waals surface area (Å²) in [6, 6.07) is 11.4. The van der Waals surface area contributed by atoms with Crippen LogP contribution in [0.2, 0.25) is 0 Å². The molecule has 0 aliphatic rings. The van der Waals surface area contributed by atoms with Crippen molar-refractivity contribution in [1.29, 1.82) is 0 Å². The molecule has 0 atom stereocenters. The van der Waals surface area contributed by atoms with Gasteiger partial charge in [-0.3, -0.25) is 0 Å². The Kier molecular flexibility index (Phi) is 6.06. The zero-order valence-corrected chi connectivity index (χ0v) is 19.8. The van der Waals surface area contributed by atoms with Crippen LogP contribution < -0.4 is 0 Å². The molecule has 0 bridgehead atoms. The summed E-state index contributed by atoms with van der Waals surface area (Å²) in [6.45, 7) is 2.70. The molecule has 0 saturated heterocycles. The van der Waals surface area contributed by atoms with Gasteiger partial charge in [-0.05, 0) is 37.3 Å². The molecule has 0 radical (unpaired) electrons. The molecule has 2 aromatic carbocycles. The second-order valence-corrected chi connectivity index (χ2v) is 10.4. The molecule has 0 saturated carbocycles. The Morgan fingerprint density at radius 3 is 2.56 bits per heavy atom. The lowest BCUT2D eigenvalue weighted by Gasteiger charge is -2.11. The van der Waals surface area contributed by atoms with Crippen LogP contribution in [0, 0.1) is 5.82 Å². The molecule has 0 amide bonds. The van der Waals surface area contributed by atoms with Gasteiger partial charge in [0.2, 0.25) is 10.0 Å². The van der Waals surface area contributed by atoms with Gasteiger partial charge < -0.3 is 9.13 Å². The predicted molar refractivity (Wildman–Crippen MR) is 122 cm³/mol. The van der Waals surface area contributed by atoms with E-state index in [9.17, 15) is 12.8 Å². The fourth-order valence-electron chi connectivity index (χ4n) is 3.44. The van der Waals surface area contributed by atoms with E-state index in [1.165, 1.54) is 36.2 Å². The minimum absolute atomic E-state index is 0.206. The van der Waals surface area contributed by atoms with E-state index in [0.717, 1.165) is 11.3 Å². The summed E-state index contributed by atoms with van der Waals surface area (Å²) < 4.78 is 44.1. The van der Waals surface area contributed by atoms with Gasteiger partial charge in [0.25, 0.3) is 0 Å². The first-order chi connectivity index (χ1) is 15.2. The summed E-state index contributed by atoms with van der Waals surface area (Å²) in [5.41, 5.74) is 1.88. The van der Waals surface area contributed by atoms with Crippen LogP contribution in [-0.2, 0) is 29.4 Å². The van der Waals surface area contributed by atoms with E-state index in [4.69, 9.17) is 0 Å². The van der Waals surface area contributed by atoms with Crippen molar-refractivity contribution in [3.8, 4) is 11.4 Å². The molecule has 11 heteroatoms. The Bertz CT molecular complexity index is 1390. The summed E-state index contributed by atoms with van der Waals surface area (Å²) in [4.78, 5) is 4.89. The lowest BCUT2D eigenvalue weighted by Crippen LogP contribution is -2.22. The lowest BCUT2D eigenvalue weighted by molar-refractivity contribution is 0.521. The van der Waals surface area contributed by atoms with Crippen molar-refractivity contribution in [2.24, 2.45) is 7.05 Å². The van der Waals surface area contributed by atoms with E-state index in [-0.39, 0.29) is 10.7 Å². The second-order valence-electron chi connectivity index (χ2n) is 7.34. The van der Waals surface area contributed by atoms with Gasteiger partial charge in [-0.15, -0.1) is 10.2 Å². The zero-order valence-electron chi connectivity index (χ0n) is 18.1. The molecule has 0 unspecified atom stereocenters. The van der Waals surface area contributed by atoms with Crippen LogP contribution in [0.1, 0.15) is 12.7 Å². The van der Waals surface area contributed by atoms with Gasteiger partial charge in [0.1, 0.15) is 11.6 Å². The van der Waals surface area contributed by atoms with Crippen LogP contribution in [0.3, 0.4) is 0 Å². The second kappa shape index (κ2) is 8.64. The van der Waals surface area contributed by atoms with Crippen LogP contribution in [0.15, 0.2) is 52.5 Å². The Morgan fingerprint density at radius 2 is 1.88 bits per heavy atom. The Hall–Kier alpha value is -2.76. The lowest BCUT2D eigenvalue weighted by atomic mass is 10.2. The highest BCUT2D eigenvalue weighted by Crippen LogP contribution is 2.28. The van der Waals surface area contributed by atoms with Gasteiger partial charge in [0.15, 0.2) is 11.0 Å². The molecule has 0 fully saturated rings. The van der Waals surface area contributed by atoms with Gasteiger partial charge in [0, 0.05) is 27.7 Å². The maximum Gasteiger partial charge on any atom is 0.242 e. The molecule has 0 N–H and O–H groups in total. The summed E-state index contributed by atoms with van der Waals surface area (Å²) in [5.74, 6) is 1.40. The minimum Gasteiger partial charge on any atom is -0.328 e. The summed E-state index contributed by atoms with van der Waals surface area (Å²) >= 11 is 1.44. The normalized spacial score (nSPS) is 12.2. The minimum atomic E-state index is -3.54. The van der Waals surface area contributed by atoms with Gasteiger partial charge in [-0.25, -0.2) is 22.1 Å². The number of aryl methyl sites for hydroxylation is 1. The smallest absolute Gasteiger partial charge is 0.242 e. The van der Waals surface area contributed by atoms with Crippen molar-refractivity contribution in [1.82, 2.24) is 28.6 Å². The molecule has 4 rings (SSSR count). The average molecular weight is 475 g/mol. The number of fused-ring (bicyclic) bond motifs is 1. The molecule has 0 aliphatic carbocycles. The Balaban J connectivity index is 1.63. The van der Waals surface area contributed by atoms with Crippen molar-refractivity contribution in [2.75, 3.05) is 14.1 Å². The molecule has 0 spiro atoms. The third kappa shape index (κ3) is 3.91. The number of rotatable bonds is 7. The van der Waals surface area contributed by atoms with Crippen LogP contribution >= 0.6 is 11.8 Å². The number of aromatic nitrogens is 5. The number of benzene rings is 2. The molecule has 8 nitrogen and oxygen atoms in total. The van der Waals surface area contributed by atoms with E-state index in [0.29, 0.717) is 34.4 Å². The van der Waals surface area contributed by atoms with E-state index in [1.54, 1.807) is 48.0 Å². The van der Waals surface area contributed by atoms with E-state index < -0.39 is 10.0 Å². The maximum atomic E-state index is 14.2. The van der Waals surface area contributed by atoms with Crippen LogP contribution in [-0.4, -0.2) is 51.1 Å². The highest BCUT2D eigenvalue weighted by Gasteiger charge is 2.20. The monoisotopic (exact) mass is 474 g/mol. The molecule has 4 aromatic rings. The van der Waals surface area contributed by atoms with Crippen LogP contribution in [0.25, 0.3) is 22.4 Å². The van der Waals surface area contributed by atoms with Crippen LogP contribution in [0.5, 0.6) is 0 Å². The molecular weight excluding hydrogens is 451 g/mol. The molecule has 2 heterocycles. The van der Waals surface area contributed by atoms with Gasteiger partial charge >= 0.3 is 0 Å². The molecule has 32 heavy (non-hydrogen) atoms. The molecule has 2 aromatic heterocycles. The largest absolute Gasteiger partial charge is 0.328 e. The first-order valence-electron chi connectivity index (χ1n) is 9.92. The van der Waals surface area contributed by atoms with Gasteiger partial charge in [0.05, 0.1) is 27.2 Å². The summed E-state index contributed by atoms with van der Waals surface area (Å²) in [6.07, 6.45) is 0. The molecule has 0 aliphatic heterocycles. The predicted octanol–water partition coefficient (Wildman–Crippen LogP) is 3.53. The topological polar surface area (TPSA) is 85.9 Å². The standard InChI is InChI=1S/C21H23FN6O2S2/c1-5-28-18-11-10-14(32(29,30)26(2)3)12-17(18)23-19(28)13-31-21-25-24-20(27(21)4)15-8-6-7-9-16(15)22/h6-12H,5,13H2,1-4H3. The van der Waals surface area contributed by atoms with Crippen molar-refractivity contribution >= 4 is 32.8 Å². The fraction of sp³-hybridized carbons (Fsp3) is 0.286. The highest BCUT2D eigenvalue weighted by atomic mass is 32.2. The number of halogens is 1. The number of thioether (sulfide) groups is 1. The van der Waals surface area contributed by atoms with Crippen molar-refractivity contribution in [2.45, 2.75) is 29.3 Å². The fourth-order valence-corrected chi connectivity index (χ4v) is 5.22. The van der Waals surface area contributed by atoms with E-state index in [1.807, 2.05) is 11.5 Å². The summed E-state index contributed by atoms with van der Waals surface area (Å²) in [5, 5.41) is 9.00. The third-order valence-corrected chi connectivity index (χ3v) is 8.00. The number of nitrogens with zero attached hydrogens (tertiary/aromatic N) is 6. The third-order valence-electron chi connectivity index (χ3n) is 5.17. The van der Waals surface area contributed by atoms with Crippen LogP contribution in [0.4, 0.5) is 4.39 Å².